The Kier molecular flexibility index (Phi) is 4.38. The lowest BCUT2D eigenvalue weighted by Crippen LogP contribution is -2.38. The fourth-order valence-corrected chi connectivity index (χ4v) is 4.21. The highest BCUT2D eigenvalue weighted by atomic mass is 32.2. The van der Waals surface area contributed by atoms with Gasteiger partial charge in [-0.2, -0.15) is 9.57 Å². The monoisotopic (exact) mass is 298 g/mol. The maximum Gasteiger partial charge on any atom is 0.218 e. The van der Waals surface area contributed by atoms with Crippen LogP contribution in [0.4, 0.5) is 4.39 Å². The minimum absolute atomic E-state index is 0.0207. The number of hydrogen-bond acceptors (Lipinski definition) is 4. The third-order valence-electron chi connectivity index (χ3n) is 3.40. The van der Waals surface area contributed by atoms with Crippen LogP contribution in [-0.2, 0) is 15.8 Å². The lowest BCUT2D eigenvalue weighted by Gasteiger charge is -2.22. The molecule has 1 aliphatic heterocycles. The van der Waals surface area contributed by atoms with E-state index in [1.54, 1.807) is 0 Å². The van der Waals surface area contributed by atoms with Gasteiger partial charge >= 0.3 is 0 Å². The van der Waals surface area contributed by atoms with Gasteiger partial charge in [0.1, 0.15) is 5.82 Å². The number of sulfonamides is 1. The molecule has 0 aromatic heterocycles. The van der Waals surface area contributed by atoms with Gasteiger partial charge in [0.25, 0.3) is 0 Å². The average molecular weight is 298 g/mol. The Morgan fingerprint density at radius 2 is 2.25 bits per heavy atom. The van der Waals surface area contributed by atoms with Crippen LogP contribution in [-0.4, -0.2) is 37.0 Å². The van der Waals surface area contributed by atoms with Crippen molar-refractivity contribution < 1.29 is 17.9 Å². The van der Waals surface area contributed by atoms with Gasteiger partial charge in [-0.3, -0.25) is 0 Å². The third-order valence-corrected chi connectivity index (χ3v) is 5.28. The summed E-state index contributed by atoms with van der Waals surface area (Å²) in [6, 6.07) is 5.07. The fourth-order valence-electron chi connectivity index (χ4n) is 2.39. The highest BCUT2D eigenvalue weighted by Gasteiger charge is 2.34. The topological polar surface area (TPSA) is 81.4 Å². The molecule has 108 valence electrons. The SMILES string of the molecule is N#Cc1ccc(F)c(CS(=O)(=O)N2CCC[C@@H]2CO)c1. The van der Waals surface area contributed by atoms with Crippen molar-refractivity contribution in [1.29, 1.82) is 5.26 Å². The van der Waals surface area contributed by atoms with Crippen molar-refractivity contribution in [2.45, 2.75) is 24.6 Å². The van der Waals surface area contributed by atoms with E-state index >= 15 is 0 Å². The summed E-state index contributed by atoms with van der Waals surface area (Å²) in [5.41, 5.74) is 0.198. The molecule has 0 spiro atoms. The van der Waals surface area contributed by atoms with Crippen molar-refractivity contribution in [3.63, 3.8) is 0 Å². The minimum Gasteiger partial charge on any atom is -0.395 e. The minimum atomic E-state index is -3.70. The predicted octanol–water partition coefficient (Wildman–Crippen LogP) is 0.984. The molecule has 0 saturated carbocycles. The van der Waals surface area contributed by atoms with E-state index in [0.29, 0.717) is 19.4 Å². The molecule has 5 nitrogen and oxygen atoms in total. The molecule has 0 unspecified atom stereocenters. The molecule has 1 aromatic rings. The van der Waals surface area contributed by atoms with Crippen molar-refractivity contribution in [2.75, 3.05) is 13.2 Å². The van der Waals surface area contributed by atoms with E-state index in [0.717, 1.165) is 6.07 Å². The quantitative estimate of drug-likeness (QED) is 0.898. The van der Waals surface area contributed by atoms with E-state index in [1.807, 2.05) is 6.07 Å². The molecule has 0 amide bonds. The Hall–Kier alpha value is -1.49. The molecule has 1 saturated heterocycles. The fraction of sp³-hybridized carbons (Fsp3) is 0.462. The van der Waals surface area contributed by atoms with Gasteiger partial charge in [0, 0.05) is 18.2 Å². The first kappa shape index (κ1) is 14.9. The van der Waals surface area contributed by atoms with Crippen LogP contribution < -0.4 is 0 Å². The first-order valence-electron chi connectivity index (χ1n) is 6.27. The van der Waals surface area contributed by atoms with E-state index in [4.69, 9.17) is 5.26 Å². The summed E-state index contributed by atoms with van der Waals surface area (Å²) in [6.45, 7) is 0.104. The molecule has 20 heavy (non-hydrogen) atoms. The molecular formula is C13H15FN2O3S. The van der Waals surface area contributed by atoms with E-state index < -0.39 is 27.6 Å². The summed E-state index contributed by atoms with van der Waals surface area (Å²) < 4.78 is 39.5. The normalized spacial score (nSPS) is 19.9. The molecule has 1 N–H and O–H groups in total. The van der Waals surface area contributed by atoms with Crippen LogP contribution >= 0.6 is 0 Å². The zero-order valence-electron chi connectivity index (χ0n) is 10.8. The van der Waals surface area contributed by atoms with Crippen molar-refractivity contribution in [1.82, 2.24) is 4.31 Å². The van der Waals surface area contributed by atoms with Gasteiger partial charge in [-0.25, -0.2) is 12.8 Å². The molecule has 7 heteroatoms. The lowest BCUT2D eigenvalue weighted by atomic mass is 10.1. The molecule has 0 aliphatic carbocycles. The van der Waals surface area contributed by atoms with Gasteiger partial charge in [-0.05, 0) is 31.0 Å². The maximum absolute atomic E-state index is 13.7. The van der Waals surface area contributed by atoms with Crippen molar-refractivity contribution in [3.05, 3.63) is 35.1 Å². The second-order valence-corrected chi connectivity index (χ2v) is 6.69. The van der Waals surface area contributed by atoms with E-state index in [-0.39, 0.29) is 17.7 Å². The van der Waals surface area contributed by atoms with Crippen molar-refractivity contribution in [3.8, 4) is 6.07 Å². The number of hydrogen-bond donors (Lipinski definition) is 1. The molecule has 2 rings (SSSR count). The summed E-state index contributed by atoms with van der Waals surface area (Å²) in [5, 5.41) is 18.0. The summed E-state index contributed by atoms with van der Waals surface area (Å²) in [4.78, 5) is 0. The average Bonchev–Trinajstić information content (AvgIpc) is 2.90. The number of halogens is 1. The van der Waals surface area contributed by atoms with Gasteiger partial charge in [0.2, 0.25) is 10.0 Å². The summed E-state index contributed by atoms with van der Waals surface area (Å²) in [5.74, 6) is -1.14. The van der Waals surface area contributed by atoms with Crippen molar-refractivity contribution in [2.24, 2.45) is 0 Å². The molecule has 0 radical (unpaired) electrons. The van der Waals surface area contributed by atoms with Gasteiger partial charge < -0.3 is 5.11 Å². The largest absolute Gasteiger partial charge is 0.395 e. The second kappa shape index (κ2) is 5.87. The van der Waals surface area contributed by atoms with Crippen LogP contribution in [0.25, 0.3) is 0 Å². The maximum atomic E-state index is 13.7. The van der Waals surface area contributed by atoms with Crippen LogP contribution in [0.2, 0.25) is 0 Å². The first-order chi connectivity index (χ1) is 9.47. The van der Waals surface area contributed by atoms with E-state index in [9.17, 15) is 17.9 Å². The third kappa shape index (κ3) is 2.98. The number of nitriles is 1. The smallest absolute Gasteiger partial charge is 0.218 e. The van der Waals surface area contributed by atoms with E-state index in [2.05, 4.69) is 0 Å². The molecule has 1 atom stereocenters. The van der Waals surface area contributed by atoms with Crippen LogP contribution in [0, 0.1) is 17.1 Å². The number of aliphatic hydroxyl groups excluding tert-OH is 1. The molecule has 1 heterocycles. The zero-order chi connectivity index (χ0) is 14.8. The summed E-state index contributed by atoms with van der Waals surface area (Å²) in [7, 11) is -3.70. The highest BCUT2D eigenvalue weighted by Crippen LogP contribution is 2.24. The first-order valence-corrected chi connectivity index (χ1v) is 7.88. The molecule has 1 fully saturated rings. The van der Waals surface area contributed by atoms with Gasteiger partial charge in [0.05, 0.1) is 24.0 Å². The van der Waals surface area contributed by atoms with Gasteiger partial charge in [0.15, 0.2) is 0 Å². The summed E-state index contributed by atoms with van der Waals surface area (Å²) in [6.07, 6.45) is 1.29. The Balaban J connectivity index is 2.27. The molecular weight excluding hydrogens is 283 g/mol. The van der Waals surface area contributed by atoms with Crippen LogP contribution in [0.15, 0.2) is 18.2 Å². The molecule has 0 bridgehead atoms. The van der Waals surface area contributed by atoms with Crippen LogP contribution in [0.5, 0.6) is 0 Å². The van der Waals surface area contributed by atoms with Gasteiger partial charge in [-0.1, -0.05) is 0 Å². The second-order valence-electron chi connectivity index (χ2n) is 4.76. The van der Waals surface area contributed by atoms with Gasteiger partial charge in [-0.15, -0.1) is 0 Å². The predicted molar refractivity (Wildman–Crippen MR) is 70.6 cm³/mol. The number of benzene rings is 1. The molecule has 1 aliphatic rings. The Morgan fingerprint density at radius 1 is 1.50 bits per heavy atom. The Labute approximate surface area is 117 Å². The molecule has 1 aromatic carbocycles. The Bertz CT molecular complexity index is 640. The lowest BCUT2D eigenvalue weighted by molar-refractivity contribution is 0.213. The Morgan fingerprint density at radius 3 is 2.90 bits per heavy atom. The zero-order valence-corrected chi connectivity index (χ0v) is 11.6. The van der Waals surface area contributed by atoms with E-state index in [1.165, 1.54) is 16.4 Å². The number of aliphatic hydroxyl groups is 1. The standard InChI is InChI=1S/C13H15FN2O3S/c14-13-4-3-10(7-15)6-11(13)9-20(18,19)16-5-1-2-12(16)8-17/h3-4,6,12,17H,1-2,5,8-9H2/t12-/m1/s1. The summed E-state index contributed by atoms with van der Waals surface area (Å²) >= 11 is 0. The van der Waals surface area contributed by atoms with Crippen LogP contribution in [0.1, 0.15) is 24.0 Å². The number of rotatable bonds is 4. The van der Waals surface area contributed by atoms with Crippen molar-refractivity contribution >= 4 is 10.0 Å². The highest BCUT2D eigenvalue weighted by molar-refractivity contribution is 7.88. The van der Waals surface area contributed by atoms with Crippen LogP contribution in [0.3, 0.4) is 0 Å². The number of nitrogens with zero attached hydrogens (tertiary/aromatic N) is 2.